The number of allylic oxidation sites excluding steroid dienone is 2. The molecule has 0 spiro atoms. The zero-order valence-corrected chi connectivity index (χ0v) is 39.7. The van der Waals surface area contributed by atoms with E-state index in [0.29, 0.717) is 17.4 Å². The second-order valence-corrected chi connectivity index (χ2v) is 19.3. The van der Waals surface area contributed by atoms with Crippen molar-refractivity contribution < 1.29 is 42.1 Å². The quantitative estimate of drug-likeness (QED) is 0.0212. The molecule has 10 heteroatoms. The van der Waals surface area contributed by atoms with Gasteiger partial charge in [0.25, 0.3) is 0 Å². The first kappa shape index (κ1) is 56.8. The van der Waals surface area contributed by atoms with Gasteiger partial charge in [0.1, 0.15) is 19.8 Å². The molecule has 0 aliphatic rings. The topological polar surface area (TPSA) is 108 Å². The molecule has 0 aliphatic carbocycles. The van der Waals surface area contributed by atoms with Gasteiger partial charge in [0.2, 0.25) is 0 Å². The summed E-state index contributed by atoms with van der Waals surface area (Å²) in [5, 5.41) is 0. The maximum atomic E-state index is 12.7. The molecule has 9 nitrogen and oxygen atoms in total. The molecule has 0 radical (unpaired) electrons. The second kappa shape index (κ2) is 41.1. The van der Waals surface area contributed by atoms with Crippen molar-refractivity contribution in [2.75, 3.05) is 47.5 Å². The molecule has 0 bridgehead atoms. The number of carbonyl (C=O) groups is 2. The number of nitrogens with zero attached hydrogens (tertiary/aromatic N) is 1. The molecule has 2 atom stereocenters. The van der Waals surface area contributed by atoms with Crippen molar-refractivity contribution in [2.45, 2.75) is 238 Å². The highest BCUT2D eigenvalue weighted by Crippen LogP contribution is 2.43. The first-order valence-corrected chi connectivity index (χ1v) is 25.9. The number of phosphoric acid groups is 1. The van der Waals surface area contributed by atoms with Crippen LogP contribution < -0.4 is 0 Å². The molecular formula is C48H95NO8P+. The Morgan fingerprint density at radius 3 is 1.28 bits per heavy atom. The minimum absolute atomic E-state index is 0.0345. The van der Waals surface area contributed by atoms with Crippen LogP contribution in [0.4, 0.5) is 0 Å². The SMILES string of the molecule is CCCCCCCC/C=C/CCCCCCCCCC(=O)OC[C@H](COP(=O)(O)OCC[N+](C)(C)C)OC(=O)CCCCCCCCCCCCCCCCCCC. The molecule has 0 fully saturated rings. The van der Waals surface area contributed by atoms with Gasteiger partial charge in [-0.15, -0.1) is 0 Å². The maximum Gasteiger partial charge on any atom is 0.472 e. The van der Waals surface area contributed by atoms with E-state index in [1.165, 1.54) is 167 Å². The zero-order chi connectivity index (χ0) is 42.8. The Morgan fingerprint density at radius 1 is 0.517 bits per heavy atom. The van der Waals surface area contributed by atoms with Gasteiger partial charge in [-0.05, 0) is 38.5 Å². The van der Waals surface area contributed by atoms with E-state index < -0.39 is 26.5 Å². The molecule has 0 saturated carbocycles. The molecule has 1 unspecified atom stereocenters. The predicted molar refractivity (Wildman–Crippen MR) is 243 cm³/mol. The van der Waals surface area contributed by atoms with Crippen molar-refractivity contribution in [1.82, 2.24) is 0 Å². The van der Waals surface area contributed by atoms with Crippen molar-refractivity contribution in [3.8, 4) is 0 Å². The first-order chi connectivity index (χ1) is 28.0. The van der Waals surface area contributed by atoms with Crippen LogP contribution in [0.15, 0.2) is 12.2 Å². The van der Waals surface area contributed by atoms with Gasteiger partial charge in [-0.3, -0.25) is 18.6 Å². The van der Waals surface area contributed by atoms with Crippen molar-refractivity contribution in [3.63, 3.8) is 0 Å². The fourth-order valence-corrected chi connectivity index (χ4v) is 7.69. The lowest BCUT2D eigenvalue weighted by Crippen LogP contribution is -2.37. The number of carbonyl (C=O) groups excluding carboxylic acids is 2. The average Bonchev–Trinajstić information content (AvgIpc) is 3.17. The lowest BCUT2D eigenvalue weighted by molar-refractivity contribution is -0.870. The summed E-state index contributed by atoms with van der Waals surface area (Å²) in [4.78, 5) is 35.5. The van der Waals surface area contributed by atoms with Crippen LogP contribution >= 0.6 is 7.82 Å². The van der Waals surface area contributed by atoms with Crippen molar-refractivity contribution >= 4 is 19.8 Å². The minimum atomic E-state index is -4.37. The van der Waals surface area contributed by atoms with E-state index in [2.05, 4.69) is 26.0 Å². The first-order valence-electron chi connectivity index (χ1n) is 24.4. The van der Waals surface area contributed by atoms with E-state index in [-0.39, 0.29) is 32.0 Å². The van der Waals surface area contributed by atoms with Crippen LogP contribution in [-0.2, 0) is 32.7 Å². The standard InChI is InChI=1S/C48H94NO8P/c1-6-8-10-12-14-16-18-20-22-24-26-28-30-32-34-36-38-40-47(50)54-44-46(45-56-58(52,53)55-43-42-49(3,4)5)57-48(51)41-39-37-35-33-31-29-27-25-23-21-19-17-15-13-11-9-7-2/h20,22,46H,6-19,21,23-45H2,1-5H3/p+1/b22-20+/t46-/m1/s1. The predicted octanol–water partition coefficient (Wildman–Crippen LogP) is 14.1. The molecule has 0 rings (SSSR count). The number of hydrogen-bond donors (Lipinski definition) is 1. The van der Waals surface area contributed by atoms with Gasteiger partial charge in [0, 0.05) is 12.8 Å². The van der Waals surface area contributed by atoms with E-state index >= 15 is 0 Å². The Hall–Kier alpha value is -1.25. The lowest BCUT2D eigenvalue weighted by Gasteiger charge is -2.24. The van der Waals surface area contributed by atoms with Gasteiger partial charge in [0.05, 0.1) is 27.7 Å². The summed E-state index contributed by atoms with van der Waals surface area (Å²) in [5.41, 5.74) is 0. The summed E-state index contributed by atoms with van der Waals surface area (Å²) in [6, 6.07) is 0. The number of likely N-dealkylation sites (N-methyl/N-ethyl adjacent to an activating group) is 1. The van der Waals surface area contributed by atoms with E-state index in [9.17, 15) is 19.0 Å². The number of quaternary nitrogens is 1. The van der Waals surface area contributed by atoms with Gasteiger partial charge < -0.3 is 18.9 Å². The highest BCUT2D eigenvalue weighted by atomic mass is 31.2. The van der Waals surface area contributed by atoms with Crippen LogP contribution in [0.1, 0.15) is 232 Å². The van der Waals surface area contributed by atoms with E-state index in [4.69, 9.17) is 18.5 Å². The number of rotatable bonds is 45. The zero-order valence-electron chi connectivity index (χ0n) is 38.8. The number of ether oxygens (including phenoxy) is 2. The normalized spacial score (nSPS) is 13.6. The molecule has 1 N–H and O–H groups in total. The lowest BCUT2D eigenvalue weighted by atomic mass is 10.0. The van der Waals surface area contributed by atoms with Gasteiger partial charge in [-0.25, -0.2) is 4.57 Å². The van der Waals surface area contributed by atoms with Crippen molar-refractivity contribution in [1.29, 1.82) is 0 Å². The molecule has 0 saturated heterocycles. The number of phosphoric ester groups is 1. The van der Waals surface area contributed by atoms with Crippen molar-refractivity contribution in [3.05, 3.63) is 12.2 Å². The fraction of sp³-hybridized carbons (Fsp3) is 0.917. The van der Waals surface area contributed by atoms with Crippen LogP contribution in [0.5, 0.6) is 0 Å². The monoisotopic (exact) mass is 845 g/mol. The molecular weight excluding hydrogens is 750 g/mol. The van der Waals surface area contributed by atoms with Gasteiger partial charge in [-0.1, -0.05) is 193 Å². The van der Waals surface area contributed by atoms with Crippen molar-refractivity contribution in [2.24, 2.45) is 0 Å². The average molecular weight is 845 g/mol. The third-order valence-electron chi connectivity index (χ3n) is 10.8. The Bertz CT molecular complexity index is 1000. The summed E-state index contributed by atoms with van der Waals surface area (Å²) >= 11 is 0. The molecule has 0 amide bonds. The minimum Gasteiger partial charge on any atom is -0.462 e. The molecule has 58 heavy (non-hydrogen) atoms. The van der Waals surface area contributed by atoms with Crippen LogP contribution in [0.3, 0.4) is 0 Å². The van der Waals surface area contributed by atoms with Crippen LogP contribution in [0.2, 0.25) is 0 Å². The molecule has 0 aromatic rings. The van der Waals surface area contributed by atoms with Gasteiger partial charge in [-0.2, -0.15) is 0 Å². The molecule has 0 aliphatic heterocycles. The van der Waals surface area contributed by atoms with Gasteiger partial charge >= 0.3 is 19.8 Å². The summed E-state index contributed by atoms with van der Waals surface area (Å²) in [5.74, 6) is -0.790. The highest BCUT2D eigenvalue weighted by molar-refractivity contribution is 7.47. The Morgan fingerprint density at radius 2 is 0.879 bits per heavy atom. The Labute approximate surface area is 358 Å². The van der Waals surface area contributed by atoms with E-state index in [1.54, 1.807) is 0 Å². The Kier molecular flexibility index (Phi) is 40.2. The summed E-state index contributed by atoms with van der Waals surface area (Å²) in [7, 11) is 1.49. The van der Waals surface area contributed by atoms with E-state index in [0.717, 1.165) is 32.1 Å². The molecule has 0 heterocycles. The highest BCUT2D eigenvalue weighted by Gasteiger charge is 2.27. The summed E-state index contributed by atoms with van der Waals surface area (Å²) in [6.07, 6.45) is 43.9. The maximum absolute atomic E-state index is 12.7. The molecule has 0 aromatic carbocycles. The number of hydrogen-bond acceptors (Lipinski definition) is 7. The van der Waals surface area contributed by atoms with Crippen LogP contribution in [0.25, 0.3) is 0 Å². The molecule has 344 valence electrons. The number of unbranched alkanes of at least 4 members (excludes halogenated alkanes) is 29. The van der Waals surface area contributed by atoms with Gasteiger partial charge in [0.15, 0.2) is 6.10 Å². The third kappa shape index (κ3) is 44.3. The third-order valence-corrected chi connectivity index (χ3v) is 11.8. The van der Waals surface area contributed by atoms with Crippen LogP contribution in [-0.4, -0.2) is 74.9 Å². The summed E-state index contributed by atoms with van der Waals surface area (Å²) < 4.78 is 34.4. The van der Waals surface area contributed by atoms with E-state index in [1.807, 2.05) is 21.1 Å². The summed E-state index contributed by atoms with van der Waals surface area (Å²) in [6.45, 7) is 4.45. The molecule has 0 aromatic heterocycles. The van der Waals surface area contributed by atoms with Crippen LogP contribution in [0, 0.1) is 0 Å². The second-order valence-electron chi connectivity index (χ2n) is 17.9. The largest absolute Gasteiger partial charge is 0.472 e. The Balaban J connectivity index is 4.27. The fourth-order valence-electron chi connectivity index (χ4n) is 6.95. The number of esters is 2. The smallest absolute Gasteiger partial charge is 0.462 e.